The molecule has 0 aliphatic rings. The van der Waals surface area contributed by atoms with Crippen LogP contribution in [-0.2, 0) is 13.5 Å². The van der Waals surface area contributed by atoms with Crippen LogP contribution in [0.3, 0.4) is 0 Å². The lowest BCUT2D eigenvalue weighted by molar-refractivity contribution is 0.574. The smallest absolute Gasteiger partial charge is 0.176 e. The van der Waals surface area contributed by atoms with Crippen molar-refractivity contribution in [1.29, 1.82) is 5.26 Å². The van der Waals surface area contributed by atoms with Gasteiger partial charge in [-0.3, -0.25) is 0 Å². The molecule has 0 aliphatic heterocycles. The van der Waals surface area contributed by atoms with Gasteiger partial charge in [-0.2, -0.15) is 5.26 Å². The van der Waals surface area contributed by atoms with Crippen LogP contribution in [0.15, 0.2) is 41.0 Å². The number of hydrogen-bond acceptors (Lipinski definition) is 3. The van der Waals surface area contributed by atoms with E-state index < -0.39 is 0 Å². The van der Waals surface area contributed by atoms with Gasteiger partial charge in [0.25, 0.3) is 0 Å². The summed E-state index contributed by atoms with van der Waals surface area (Å²) in [5.74, 6) is 1.58. The van der Waals surface area contributed by atoms with Gasteiger partial charge in [0.05, 0.1) is 23.4 Å². The molecule has 0 N–H and O–H groups in total. The molecule has 0 aliphatic carbocycles. The fraction of sp³-hybridized carbons (Fsp3) is 0.200. The first-order valence-electron chi connectivity index (χ1n) is 6.16. The van der Waals surface area contributed by atoms with Crippen molar-refractivity contribution < 1.29 is 4.42 Å². The summed E-state index contributed by atoms with van der Waals surface area (Å²) in [5.41, 5.74) is 3.15. The van der Waals surface area contributed by atoms with E-state index in [1.54, 1.807) is 6.26 Å². The van der Waals surface area contributed by atoms with E-state index in [9.17, 15) is 0 Å². The third-order valence-corrected chi connectivity index (χ3v) is 3.21. The van der Waals surface area contributed by atoms with Crippen molar-refractivity contribution in [1.82, 2.24) is 9.55 Å². The molecular formula is C15H13N3O. The molecule has 0 fully saturated rings. The van der Waals surface area contributed by atoms with Crippen LogP contribution in [0.2, 0.25) is 0 Å². The van der Waals surface area contributed by atoms with E-state index in [-0.39, 0.29) is 0 Å². The van der Waals surface area contributed by atoms with E-state index in [0.717, 1.165) is 34.6 Å². The second kappa shape index (κ2) is 4.62. The van der Waals surface area contributed by atoms with Gasteiger partial charge in [-0.05, 0) is 36.2 Å². The van der Waals surface area contributed by atoms with Crippen molar-refractivity contribution in [3.8, 4) is 17.7 Å². The first kappa shape index (κ1) is 11.5. The minimum atomic E-state index is 0.536. The van der Waals surface area contributed by atoms with Crippen molar-refractivity contribution in [3.63, 3.8) is 0 Å². The maximum Gasteiger partial charge on any atom is 0.176 e. The summed E-state index contributed by atoms with van der Waals surface area (Å²) in [5, 5.41) is 8.64. The highest BCUT2D eigenvalue weighted by molar-refractivity contribution is 5.80. The third kappa shape index (κ3) is 2.00. The lowest BCUT2D eigenvalue weighted by Crippen LogP contribution is -1.92. The number of hydrogen-bond donors (Lipinski definition) is 0. The zero-order valence-corrected chi connectivity index (χ0v) is 10.6. The number of fused-ring (bicyclic) bond motifs is 1. The van der Waals surface area contributed by atoms with E-state index >= 15 is 0 Å². The second-order valence-corrected chi connectivity index (χ2v) is 4.45. The number of imidazole rings is 1. The van der Waals surface area contributed by atoms with Gasteiger partial charge in [0.1, 0.15) is 0 Å². The number of benzene rings is 1. The maximum absolute atomic E-state index is 8.64. The molecule has 19 heavy (non-hydrogen) atoms. The van der Waals surface area contributed by atoms with Crippen molar-refractivity contribution in [2.24, 2.45) is 7.05 Å². The lowest BCUT2D eigenvalue weighted by atomic mass is 10.1. The summed E-state index contributed by atoms with van der Waals surface area (Å²) in [6, 6.07) is 12.0. The van der Waals surface area contributed by atoms with Crippen LogP contribution in [0.1, 0.15) is 12.0 Å². The Morgan fingerprint density at radius 2 is 2.26 bits per heavy atom. The second-order valence-electron chi connectivity index (χ2n) is 4.45. The Labute approximate surface area is 110 Å². The summed E-state index contributed by atoms with van der Waals surface area (Å²) < 4.78 is 7.42. The zero-order valence-electron chi connectivity index (χ0n) is 10.6. The molecule has 3 aromatic rings. The minimum absolute atomic E-state index is 0.536. The van der Waals surface area contributed by atoms with Gasteiger partial charge < -0.3 is 8.98 Å². The van der Waals surface area contributed by atoms with Gasteiger partial charge in [-0.25, -0.2) is 4.98 Å². The summed E-state index contributed by atoms with van der Waals surface area (Å²) in [7, 11) is 1.97. The first-order valence-corrected chi connectivity index (χ1v) is 6.16. The number of rotatable bonds is 3. The Kier molecular flexibility index (Phi) is 2.81. The van der Waals surface area contributed by atoms with Crippen LogP contribution in [-0.4, -0.2) is 9.55 Å². The zero-order chi connectivity index (χ0) is 13.2. The Balaban J connectivity index is 2.09. The SMILES string of the molecule is Cn1c(-c2ccco2)nc2ccc(CCC#N)cc21. The molecule has 2 aromatic heterocycles. The quantitative estimate of drug-likeness (QED) is 0.717. The normalized spacial score (nSPS) is 10.7. The standard InChI is InChI=1S/C15H13N3O/c1-18-13-10-11(4-2-8-16)6-7-12(13)17-15(18)14-5-3-9-19-14/h3,5-7,9-10H,2,4H2,1H3. The maximum atomic E-state index is 8.64. The highest BCUT2D eigenvalue weighted by Gasteiger charge is 2.12. The van der Waals surface area contributed by atoms with Gasteiger partial charge in [0.15, 0.2) is 11.6 Å². The monoisotopic (exact) mass is 251 g/mol. The molecule has 0 saturated heterocycles. The number of aryl methyl sites for hydroxylation is 2. The van der Waals surface area contributed by atoms with E-state index in [1.807, 2.05) is 35.9 Å². The summed E-state index contributed by atoms with van der Waals surface area (Å²) in [6.45, 7) is 0. The van der Waals surface area contributed by atoms with Crippen LogP contribution < -0.4 is 0 Å². The molecule has 1 aromatic carbocycles. The van der Waals surface area contributed by atoms with Gasteiger partial charge in [-0.1, -0.05) is 6.07 Å². The van der Waals surface area contributed by atoms with Crippen molar-refractivity contribution >= 4 is 11.0 Å². The molecule has 0 amide bonds. The Bertz CT molecular complexity index is 748. The molecule has 0 bridgehead atoms. The van der Waals surface area contributed by atoms with Gasteiger partial charge in [-0.15, -0.1) is 0 Å². The molecule has 94 valence electrons. The molecule has 2 heterocycles. The molecule has 0 saturated carbocycles. The Hall–Kier alpha value is -2.54. The predicted octanol–water partition coefficient (Wildman–Crippen LogP) is 3.29. The molecule has 0 spiro atoms. The molecule has 0 radical (unpaired) electrons. The molecule has 0 unspecified atom stereocenters. The van der Waals surface area contributed by atoms with Crippen LogP contribution >= 0.6 is 0 Å². The third-order valence-electron chi connectivity index (χ3n) is 3.21. The van der Waals surface area contributed by atoms with Crippen LogP contribution in [0, 0.1) is 11.3 Å². The van der Waals surface area contributed by atoms with E-state index in [2.05, 4.69) is 17.1 Å². The number of furan rings is 1. The molecule has 3 rings (SSSR count). The highest BCUT2D eigenvalue weighted by atomic mass is 16.3. The highest BCUT2D eigenvalue weighted by Crippen LogP contribution is 2.24. The van der Waals surface area contributed by atoms with Crippen molar-refractivity contribution in [2.75, 3.05) is 0 Å². The van der Waals surface area contributed by atoms with E-state index in [1.165, 1.54) is 0 Å². The Morgan fingerprint density at radius 1 is 1.37 bits per heavy atom. The van der Waals surface area contributed by atoms with Crippen LogP contribution in [0.5, 0.6) is 0 Å². The largest absolute Gasteiger partial charge is 0.461 e. The van der Waals surface area contributed by atoms with Gasteiger partial charge in [0, 0.05) is 13.5 Å². The Morgan fingerprint density at radius 3 is 3.00 bits per heavy atom. The lowest BCUT2D eigenvalue weighted by Gasteiger charge is -2.01. The van der Waals surface area contributed by atoms with Crippen LogP contribution in [0.25, 0.3) is 22.6 Å². The average Bonchev–Trinajstić information content (AvgIpc) is 3.05. The van der Waals surface area contributed by atoms with E-state index in [0.29, 0.717) is 6.42 Å². The number of nitrogens with zero attached hydrogens (tertiary/aromatic N) is 3. The minimum Gasteiger partial charge on any atom is -0.461 e. The van der Waals surface area contributed by atoms with Gasteiger partial charge >= 0.3 is 0 Å². The topological polar surface area (TPSA) is 54.8 Å². The summed E-state index contributed by atoms with van der Waals surface area (Å²) >= 11 is 0. The average molecular weight is 251 g/mol. The van der Waals surface area contributed by atoms with Gasteiger partial charge in [0.2, 0.25) is 0 Å². The molecule has 4 heteroatoms. The predicted molar refractivity (Wildman–Crippen MR) is 72.4 cm³/mol. The molecule has 0 atom stereocenters. The fourth-order valence-electron chi connectivity index (χ4n) is 2.22. The molecule has 4 nitrogen and oxygen atoms in total. The van der Waals surface area contributed by atoms with Crippen molar-refractivity contribution in [3.05, 3.63) is 42.2 Å². The fourth-order valence-corrected chi connectivity index (χ4v) is 2.22. The number of nitriles is 1. The van der Waals surface area contributed by atoms with E-state index in [4.69, 9.17) is 9.68 Å². The summed E-state index contributed by atoms with van der Waals surface area (Å²) in [6.07, 6.45) is 2.95. The van der Waals surface area contributed by atoms with Crippen LogP contribution in [0.4, 0.5) is 0 Å². The van der Waals surface area contributed by atoms with Crippen molar-refractivity contribution in [2.45, 2.75) is 12.8 Å². The summed E-state index contributed by atoms with van der Waals surface area (Å²) in [4.78, 5) is 4.58. The first-order chi connectivity index (χ1) is 9.29. The molecular weight excluding hydrogens is 238 g/mol. The number of aromatic nitrogens is 2.